The normalized spacial score (nSPS) is 21.1. The van der Waals surface area contributed by atoms with Crippen LogP contribution in [0.4, 0.5) is 0 Å². The van der Waals surface area contributed by atoms with Gasteiger partial charge < -0.3 is 4.90 Å². The van der Waals surface area contributed by atoms with E-state index in [1.54, 1.807) is 11.8 Å². The van der Waals surface area contributed by atoms with Crippen molar-refractivity contribution in [2.45, 2.75) is 33.6 Å². The van der Waals surface area contributed by atoms with Gasteiger partial charge in [0.15, 0.2) is 17.3 Å². The van der Waals surface area contributed by atoms with Crippen LogP contribution in [-0.2, 0) is 14.4 Å². The summed E-state index contributed by atoms with van der Waals surface area (Å²) in [4.78, 5) is 37.6. The van der Waals surface area contributed by atoms with Crippen LogP contribution < -0.4 is 0 Å². The summed E-state index contributed by atoms with van der Waals surface area (Å²) in [5, 5.41) is 0. The summed E-state index contributed by atoms with van der Waals surface area (Å²) in [7, 11) is 3.62. The Morgan fingerprint density at radius 2 is 1.67 bits per heavy atom. The van der Waals surface area contributed by atoms with Gasteiger partial charge in [0.2, 0.25) is 0 Å². The van der Waals surface area contributed by atoms with Crippen LogP contribution in [0.2, 0.25) is 0 Å². The van der Waals surface area contributed by atoms with Crippen molar-refractivity contribution >= 4 is 17.3 Å². The minimum Gasteiger partial charge on any atom is -0.381 e. The summed E-state index contributed by atoms with van der Waals surface area (Å²) in [5.74, 6) is -1.95. The van der Waals surface area contributed by atoms with Gasteiger partial charge in [-0.05, 0) is 12.3 Å². The summed E-state index contributed by atoms with van der Waals surface area (Å²) in [5.41, 5.74) is 0.427. The Kier molecular flexibility index (Phi) is 4.09. The molecule has 1 rings (SSSR count). The van der Waals surface area contributed by atoms with Crippen molar-refractivity contribution in [3.8, 4) is 0 Å². The van der Waals surface area contributed by atoms with Crippen molar-refractivity contribution in [1.29, 1.82) is 0 Å². The second-order valence-electron chi connectivity index (χ2n) is 5.97. The fourth-order valence-electron chi connectivity index (χ4n) is 2.13. The lowest BCUT2D eigenvalue weighted by Crippen LogP contribution is -2.41. The van der Waals surface area contributed by atoms with E-state index < -0.39 is 5.92 Å². The van der Waals surface area contributed by atoms with E-state index >= 15 is 0 Å². The van der Waals surface area contributed by atoms with Crippen LogP contribution >= 0.6 is 0 Å². The van der Waals surface area contributed by atoms with Crippen LogP contribution in [0.5, 0.6) is 0 Å². The maximum atomic E-state index is 12.0. The third-order valence-corrected chi connectivity index (χ3v) is 3.29. The zero-order chi connectivity index (χ0) is 14.1. The smallest absolute Gasteiger partial charge is 0.175 e. The standard InChI is InChI=1S/C14H21NO3/c1-9(15(4)5)6-10(16)13-11(17)7-14(2,3)8-12(13)18/h6,13H,7-8H2,1-5H3. The minimum atomic E-state index is -1.08. The van der Waals surface area contributed by atoms with Crippen LogP contribution in [0.15, 0.2) is 11.8 Å². The fraction of sp³-hybridized carbons (Fsp3) is 0.643. The predicted molar refractivity (Wildman–Crippen MR) is 69.0 cm³/mol. The molecule has 0 amide bonds. The van der Waals surface area contributed by atoms with Gasteiger partial charge in [0.05, 0.1) is 0 Å². The second-order valence-corrected chi connectivity index (χ2v) is 5.97. The Bertz CT molecular complexity index is 399. The van der Waals surface area contributed by atoms with Crippen molar-refractivity contribution in [1.82, 2.24) is 4.90 Å². The molecule has 0 saturated heterocycles. The predicted octanol–water partition coefficient (Wildman–Crippen LogP) is 1.60. The number of carbonyl (C=O) groups excluding carboxylic acids is 3. The van der Waals surface area contributed by atoms with Crippen LogP contribution in [0.25, 0.3) is 0 Å². The molecule has 1 aliphatic carbocycles. The first-order valence-corrected chi connectivity index (χ1v) is 6.09. The highest BCUT2D eigenvalue weighted by atomic mass is 16.2. The number of allylic oxidation sites excluding steroid dienone is 2. The summed E-state index contributed by atoms with van der Waals surface area (Å²) in [6, 6.07) is 0. The van der Waals surface area contributed by atoms with E-state index in [2.05, 4.69) is 0 Å². The van der Waals surface area contributed by atoms with Gasteiger partial charge in [-0.15, -0.1) is 0 Å². The molecule has 0 aromatic rings. The lowest BCUT2D eigenvalue weighted by atomic mass is 9.70. The first-order chi connectivity index (χ1) is 8.14. The van der Waals surface area contributed by atoms with Crippen LogP contribution in [-0.4, -0.2) is 36.3 Å². The quantitative estimate of drug-likeness (QED) is 0.564. The zero-order valence-corrected chi connectivity index (χ0v) is 11.7. The highest BCUT2D eigenvalue weighted by molar-refractivity contribution is 6.23. The number of Topliss-reactive ketones (excluding diaryl/α,β-unsaturated/α-hetero) is 2. The van der Waals surface area contributed by atoms with Crippen LogP contribution in [0.1, 0.15) is 33.6 Å². The second kappa shape index (κ2) is 5.04. The van der Waals surface area contributed by atoms with E-state index in [9.17, 15) is 14.4 Å². The van der Waals surface area contributed by atoms with Gasteiger partial charge in [-0.1, -0.05) is 13.8 Å². The molecular formula is C14H21NO3. The molecule has 1 fully saturated rings. The van der Waals surface area contributed by atoms with Gasteiger partial charge in [-0.2, -0.15) is 0 Å². The van der Waals surface area contributed by atoms with Gasteiger partial charge in [0.25, 0.3) is 0 Å². The van der Waals surface area contributed by atoms with Gasteiger partial charge in [0.1, 0.15) is 5.92 Å². The Labute approximate surface area is 108 Å². The molecule has 0 aliphatic heterocycles. The molecule has 0 aromatic carbocycles. The lowest BCUT2D eigenvalue weighted by Gasteiger charge is -2.31. The minimum absolute atomic E-state index is 0.246. The molecule has 0 unspecified atom stereocenters. The molecule has 100 valence electrons. The number of hydrogen-bond acceptors (Lipinski definition) is 4. The average Bonchev–Trinajstić information content (AvgIpc) is 2.13. The van der Waals surface area contributed by atoms with E-state index in [0.717, 1.165) is 5.70 Å². The average molecular weight is 251 g/mol. The number of carbonyl (C=O) groups is 3. The monoisotopic (exact) mass is 251 g/mol. The molecule has 4 heteroatoms. The first kappa shape index (κ1) is 14.6. The largest absolute Gasteiger partial charge is 0.381 e. The third-order valence-electron chi connectivity index (χ3n) is 3.29. The number of hydrogen-bond donors (Lipinski definition) is 0. The number of rotatable bonds is 3. The Balaban J connectivity index is 2.91. The van der Waals surface area contributed by atoms with Gasteiger partial charge in [0, 0.05) is 38.7 Å². The van der Waals surface area contributed by atoms with Crippen molar-refractivity contribution in [3.63, 3.8) is 0 Å². The van der Waals surface area contributed by atoms with E-state index in [0.29, 0.717) is 12.8 Å². The highest BCUT2D eigenvalue weighted by Crippen LogP contribution is 2.34. The van der Waals surface area contributed by atoms with E-state index in [4.69, 9.17) is 0 Å². The molecule has 1 saturated carbocycles. The van der Waals surface area contributed by atoms with Gasteiger partial charge >= 0.3 is 0 Å². The maximum Gasteiger partial charge on any atom is 0.175 e. The summed E-state index contributed by atoms with van der Waals surface area (Å²) in [6.07, 6.45) is 1.98. The highest BCUT2D eigenvalue weighted by Gasteiger charge is 2.42. The SMILES string of the molecule is CC(=CC(=O)C1C(=O)CC(C)(C)CC1=O)N(C)C. The molecule has 0 atom stereocenters. The number of nitrogens with zero attached hydrogens (tertiary/aromatic N) is 1. The Morgan fingerprint density at radius 1 is 1.22 bits per heavy atom. The summed E-state index contributed by atoms with van der Waals surface area (Å²) in [6.45, 7) is 5.54. The summed E-state index contributed by atoms with van der Waals surface area (Å²) >= 11 is 0. The Morgan fingerprint density at radius 3 is 2.06 bits per heavy atom. The lowest BCUT2D eigenvalue weighted by molar-refractivity contribution is -0.143. The van der Waals surface area contributed by atoms with Gasteiger partial charge in [-0.3, -0.25) is 14.4 Å². The Hall–Kier alpha value is -1.45. The molecule has 0 N–H and O–H groups in total. The fourth-order valence-corrected chi connectivity index (χ4v) is 2.13. The van der Waals surface area contributed by atoms with Crippen molar-refractivity contribution in [3.05, 3.63) is 11.8 Å². The third kappa shape index (κ3) is 3.28. The van der Waals surface area contributed by atoms with Crippen LogP contribution in [0, 0.1) is 11.3 Å². The number of ketones is 3. The van der Waals surface area contributed by atoms with Crippen LogP contribution in [0.3, 0.4) is 0 Å². The van der Waals surface area contributed by atoms with E-state index in [1.165, 1.54) is 6.08 Å². The molecular weight excluding hydrogens is 230 g/mol. The van der Waals surface area contributed by atoms with Crippen molar-refractivity contribution in [2.24, 2.45) is 11.3 Å². The molecule has 0 heterocycles. The molecule has 4 nitrogen and oxygen atoms in total. The molecule has 1 aliphatic rings. The summed E-state index contributed by atoms with van der Waals surface area (Å²) < 4.78 is 0. The zero-order valence-electron chi connectivity index (χ0n) is 11.7. The molecule has 18 heavy (non-hydrogen) atoms. The van der Waals surface area contributed by atoms with Gasteiger partial charge in [-0.25, -0.2) is 0 Å². The molecule has 0 radical (unpaired) electrons. The molecule has 0 spiro atoms. The first-order valence-electron chi connectivity index (χ1n) is 6.09. The molecule has 0 aromatic heterocycles. The van der Waals surface area contributed by atoms with Crippen molar-refractivity contribution in [2.75, 3.05) is 14.1 Å². The topological polar surface area (TPSA) is 54.5 Å². The van der Waals surface area contributed by atoms with E-state index in [-0.39, 0.29) is 22.8 Å². The van der Waals surface area contributed by atoms with E-state index in [1.807, 2.05) is 27.9 Å². The van der Waals surface area contributed by atoms with Crippen molar-refractivity contribution < 1.29 is 14.4 Å². The maximum absolute atomic E-state index is 12.0. The molecule has 0 bridgehead atoms.